The highest BCUT2D eigenvalue weighted by Gasteiger charge is 2.24. The van der Waals surface area contributed by atoms with Gasteiger partial charge in [-0.1, -0.05) is 0 Å². The molecule has 1 aliphatic heterocycles. The van der Waals surface area contributed by atoms with Gasteiger partial charge >= 0.3 is 0 Å². The van der Waals surface area contributed by atoms with E-state index in [0.717, 1.165) is 55.2 Å². The molecule has 0 unspecified atom stereocenters. The summed E-state index contributed by atoms with van der Waals surface area (Å²) < 4.78 is 11.4. The highest BCUT2D eigenvalue weighted by atomic mass is 16.5. The van der Waals surface area contributed by atoms with Crippen molar-refractivity contribution in [3.05, 3.63) is 41.1 Å². The van der Waals surface area contributed by atoms with Gasteiger partial charge in [0.25, 0.3) is 0 Å². The van der Waals surface area contributed by atoms with Crippen molar-refractivity contribution in [2.45, 2.75) is 46.1 Å². The molecular formula is C22H32N4O2. The van der Waals surface area contributed by atoms with E-state index in [4.69, 9.17) is 20.9 Å². The Morgan fingerprint density at radius 3 is 2.21 bits per heavy atom. The number of ether oxygens (including phenoxy) is 2. The quantitative estimate of drug-likeness (QED) is 0.756. The zero-order valence-corrected chi connectivity index (χ0v) is 17.2. The Hall–Kier alpha value is -2.47. The molecule has 0 amide bonds. The van der Waals surface area contributed by atoms with Crippen LogP contribution in [0.1, 0.15) is 49.3 Å². The Kier molecular flexibility index (Phi) is 6.62. The van der Waals surface area contributed by atoms with Crippen LogP contribution in [0.3, 0.4) is 0 Å². The molecule has 1 saturated heterocycles. The topological polar surface area (TPSA) is 86.6 Å². The molecule has 1 aromatic carbocycles. The first-order valence-electron chi connectivity index (χ1n) is 10.1. The number of pyridine rings is 1. The largest absolute Gasteiger partial charge is 0.494 e. The van der Waals surface area contributed by atoms with Crippen LogP contribution < -0.4 is 20.9 Å². The van der Waals surface area contributed by atoms with Gasteiger partial charge in [-0.05, 0) is 81.4 Å². The van der Waals surface area contributed by atoms with Crippen molar-refractivity contribution in [2.75, 3.05) is 37.8 Å². The zero-order chi connectivity index (χ0) is 20.1. The number of anilines is 2. The summed E-state index contributed by atoms with van der Waals surface area (Å²) in [6.07, 6.45) is 3.83. The van der Waals surface area contributed by atoms with E-state index < -0.39 is 0 Å². The van der Waals surface area contributed by atoms with E-state index in [1.165, 1.54) is 11.1 Å². The zero-order valence-electron chi connectivity index (χ0n) is 17.2. The molecule has 0 saturated carbocycles. The summed E-state index contributed by atoms with van der Waals surface area (Å²) in [5.41, 5.74) is 16.4. The second-order valence-corrected chi connectivity index (χ2v) is 7.37. The summed E-state index contributed by atoms with van der Waals surface area (Å²) in [7, 11) is 0. The van der Waals surface area contributed by atoms with Gasteiger partial charge in [-0.3, -0.25) is 4.90 Å². The van der Waals surface area contributed by atoms with Crippen LogP contribution in [-0.4, -0.2) is 36.2 Å². The van der Waals surface area contributed by atoms with Crippen LogP contribution >= 0.6 is 0 Å². The normalized spacial score (nSPS) is 15.5. The van der Waals surface area contributed by atoms with E-state index >= 15 is 0 Å². The van der Waals surface area contributed by atoms with Crippen molar-refractivity contribution >= 4 is 11.5 Å². The van der Waals surface area contributed by atoms with Gasteiger partial charge in [0.05, 0.1) is 25.1 Å². The number of nitrogens with zero attached hydrogens (tertiary/aromatic N) is 2. The average molecular weight is 385 g/mol. The summed E-state index contributed by atoms with van der Waals surface area (Å²) in [5, 5.41) is 0. The van der Waals surface area contributed by atoms with Crippen LogP contribution in [0.4, 0.5) is 11.5 Å². The molecule has 0 atom stereocenters. The van der Waals surface area contributed by atoms with Crippen molar-refractivity contribution in [3.63, 3.8) is 0 Å². The van der Waals surface area contributed by atoms with E-state index in [-0.39, 0.29) is 0 Å². The molecule has 1 fully saturated rings. The molecular weight excluding hydrogens is 352 g/mol. The number of hydrogen-bond acceptors (Lipinski definition) is 6. The monoisotopic (exact) mass is 384 g/mol. The van der Waals surface area contributed by atoms with E-state index in [1.807, 2.05) is 26.8 Å². The maximum absolute atomic E-state index is 6.21. The summed E-state index contributed by atoms with van der Waals surface area (Å²) in [6, 6.07) is 6.19. The van der Waals surface area contributed by atoms with E-state index in [0.29, 0.717) is 24.9 Å². The summed E-state index contributed by atoms with van der Waals surface area (Å²) in [4.78, 5) is 6.65. The maximum atomic E-state index is 6.21. The predicted molar refractivity (Wildman–Crippen MR) is 114 cm³/mol. The predicted octanol–water partition coefficient (Wildman–Crippen LogP) is 3.73. The number of likely N-dealkylation sites (tertiary alicyclic amines) is 1. The lowest BCUT2D eigenvalue weighted by Crippen LogP contribution is -2.33. The first-order valence-corrected chi connectivity index (χ1v) is 10.1. The van der Waals surface area contributed by atoms with Crippen LogP contribution in [0.5, 0.6) is 11.5 Å². The highest BCUT2D eigenvalue weighted by molar-refractivity contribution is 5.58. The molecule has 0 spiro atoms. The molecule has 1 aromatic heterocycles. The van der Waals surface area contributed by atoms with Crippen molar-refractivity contribution < 1.29 is 9.47 Å². The molecule has 0 aliphatic carbocycles. The number of aromatic nitrogens is 1. The fourth-order valence-corrected chi connectivity index (χ4v) is 4.06. The number of nitrogen functional groups attached to an aromatic ring is 2. The number of rotatable bonds is 7. The van der Waals surface area contributed by atoms with Gasteiger partial charge in [0, 0.05) is 12.6 Å². The molecule has 3 rings (SSSR count). The second-order valence-electron chi connectivity index (χ2n) is 7.37. The molecule has 6 nitrogen and oxygen atoms in total. The molecule has 6 heteroatoms. The SMILES string of the molecule is CCOc1cc(CN2CCC(c3c(N)cnc(N)c3C)CC2)cc(OCC)c1. The van der Waals surface area contributed by atoms with Gasteiger partial charge in [-0.25, -0.2) is 4.98 Å². The third-order valence-corrected chi connectivity index (χ3v) is 5.41. The van der Waals surface area contributed by atoms with Gasteiger partial charge in [-0.2, -0.15) is 0 Å². The molecule has 2 aromatic rings. The number of hydrogen-bond donors (Lipinski definition) is 2. The van der Waals surface area contributed by atoms with E-state index in [1.54, 1.807) is 6.20 Å². The van der Waals surface area contributed by atoms with Gasteiger partial charge < -0.3 is 20.9 Å². The molecule has 28 heavy (non-hydrogen) atoms. The van der Waals surface area contributed by atoms with Crippen molar-refractivity contribution in [1.29, 1.82) is 0 Å². The Balaban J connectivity index is 1.67. The van der Waals surface area contributed by atoms with Crippen molar-refractivity contribution in [1.82, 2.24) is 9.88 Å². The van der Waals surface area contributed by atoms with E-state index in [2.05, 4.69) is 22.0 Å². The molecule has 2 heterocycles. The van der Waals surface area contributed by atoms with Gasteiger partial charge in [0.15, 0.2) is 0 Å². The third kappa shape index (κ3) is 4.68. The molecule has 0 radical (unpaired) electrons. The van der Waals surface area contributed by atoms with Crippen LogP contribution in [-0.2, 0) is 6.54 Å². The molecule has 4 N–H and O–H groups in total. The second kappa shape index (κ2) is 9.15. The van der Waals surface area contributed by atoms with Crippen molar-refractivity contribution in [3.8, 4) is 11.5 Å². The Morgan fingerprint density at radius 1 is 1.04 bits per heavy atom. The minimum absolute atomic E-state index is 0.440. The number of benzene rings is 1. The minimum Gasteiger partial charge on any atom is -0.494 e. The number of piperidine rings is 1. The van der Waals surface area contributed by atoms with Crippen LogP contribution in [0.2, 0.25) is 0 Å². The van der Waals surface area contributed by atoms with Crippen LogP contribution in [0.25, 0.3) is 0 Å². The minimum atomic E-state index is 0.440. The fourth-order valence-electron chi connectivity index (χ4n) is 4.06. The summed E-state index contributed by atoms with van der Waals surface area (Å²) >= 11 is 0. The molecule has 152 valence electrons. The van der Waals surface area contributed by atoms with Gasteiger partial charge in [0.1, 0.15) is 17.3 Å². The van der Waals surface area contributed by atoms with Crippen LogP contribution in [0.15, 0.2) is 24.4 Å². The lowest BCUT2D eigenvalue weighted by atomic mass is 9.86. The maximum Gasteiger partial charge on any atom is 0.126 e. The van der Waals surface area contributed by atoms with Gasteiger partial charge in [0.2, 0.25) is 0 Å². The average Bonchev–Trinajstić information content (AvgIpc) is 2.67. The van der Waals surface area contributed by atoms with Crippen LogP contribution in [0, 0.1) is 6.92 Å². The fraction of sp³-hybridized carbons (Fsp3) is 0.500. The lowest BCUT2D eigenvalue weighted by Gasteiger charge is -2.33. The number of nitrogens with two attached hydrogens (primary N) is 2. The lowest BCUT2D eigenvalue weighted by molar-refractivity contribution is 0.204. The van der Waals surface area contributed by atoms with Gasteiger partial charge in [-0.15, -0.1) is 0 Å². The molecule has 0 bridgehead atoms. The highest BCUT2D eigenvalue weighted by Crippen LogP contribution is 2.36. The smallest absolute Gasteiger partial charge is 0.126 e. The Morgan fingerprint density at radius 2 is 1.64 bits per heavy atom. The summed E-state index contributed by atoms with van der Waals surface area (Å²) in [6.45, 7) is 10.2. The third-order valence-electron chi connectivity index (χ3n) is 5.41. The standard InChI is InChI=1S/C22H32N4O2/c1-4-27-18-10-16(11-19(12-18)28-5-2)14-26-8-6-17(7-9-26)21-15(3)22(24)25-13-20(21)23/h10-13,17H,4-9,14,23H2,1-3H3,(H2,24,25). The van der Waals surface area contributed by atoms with E-state index in [9.17, 15) is 0 Å². The Bertz CT molecular complexity index is 777. The Labute approximate surface area is 167 Å². The first kappa shape index (κ1) is 20.3. The summed E-state index contributed by atoms with van der Waals surface area (Å²) in [5.74, 6) is 2.76. The van der Waals surface area contributed by atoms with Crippen molar-refractivity contribution in [2.24, 2.45) is 0 Å². The first-order chi connectivity index (χ1) is 13.5. The molecule has 1 aliphatic rings.